The summed E-state index contributed by atoms with van der Waals surface area (Å²) >= 11 is 0. The number of halogens is 3. The maximum Gasteiger partial charge on any atom is 0.417 e. The first-order chi connectivity index (χ1) is 23.1. The zero-order valence-corrected chi connectivity index (χ0v) is 26.6. The molecule has 1 saturated carbocycles. The summed E-state index contributed by atoms with van der Waals surface area (Å²) in [6.07, 6.45) is 0.546. The molecule has 248 valence electrons. The van der Waals surface area contributed by atoms with Crippen LogP contribution in [0.5, 0.6) is 0 Å². The Morgan fingerprint density at radius 3 is 2.33 bits per heavy atom. The molecule has 3 aromatic carbocycles. The van der Waals surface area contributed by atoms with Crippen molar-refractivity contribution in [1.82, 2.24) is 19.9 Å². The van der Waals surface area contributed by atoms with Gasteiger partial charge < -0.3 is 16.0 Å². The number of piperidine rings is 1. The average Bonchev–Trinajstić information content (AvgIpc) is 3.91. The van der Waals surface area contributed by atoms with E-state index in [9.17, 15) is 26.4 Å². The van der Waals surface area contributed by atoms with E-state index in [0.717, 1.165) is 62.3 Å². The van der Waals surface area contributed by atoms with Crippen LogP contribution in [0.25, 0.3) is 22.2 Å². The lowest BCUT2D eigenvalue weighted by Crippen LogP contribution is -2.38. The molecule has 13 heteroatoms. The minimum atomic E-state index is -4.94. The van der Waals surface area contributed by atoms with Gasteiger partial charge >= 0.3 is 6.18 Å². The van der Waals surface area contributed by atoms with Crippen LogP contribution in [0.2, 0.25) is 0 Å². The van der Waals surface area contributed by atoms with Crippen LogP contribution in [0, 0.1) is 5.92 Å². The summed E-state index contributed by atoms with van der Waals surface area (Å²) in [6.45, 7) is 2.23. The van der Waals surface area contributed by atoms with E-state index in [-0.39, 0.29) is 28.9 Å². The molecule has 1 aliphatic heterocycles. The number of benzene rings is 3. The lowest BCUT2D eigenvalue weighted by Gasteiger charge is -2.24. The molecule has 1 unspecified atom stereocenters. The summed E-state index contributed by atoms with van der Waals surface area (Å²) in [5.74, 6) is 0.440. The van der Waals surface area contributed by atoms with Gasteiger partial charge in [0.05, 0.1) is 15.4 Å². The number of alkyl halides is 3. The molecule has 1 atom stereocenters. The number of hydrogen-bond donors (Lipinski definition) is 3. The van der Waals surface area contributed by atoms with Crippen molar-refractivity contribution < 1.29 is 21.6 Å². The Labute approximate surface area is 275 Å². The standard InChI is InChI=1S/C35H33F3N6O3S/c36-35(37,38)31-18-28(48(46,47)27-6-2-1-3-7-27)14-15-29(31)30-17-23-19-40-34(43-32(23)44(33(30)45)21-22-8-9-22)42-25-12-10-24(11-13-25)41-26-5-4-16-39-20-26/h1-3,6-7,10-15,17-19,22,26,39,41H,4-5,8-9,16,20-21H2,(H,40,42,43). The molecule has 48 heavy (non-hydrogen) atoms. The Balaban J connectivity index is 1.24. The molecule has 2 aliphatic rings. The minimum absolute atomic E-state index is 0.130. The van der Waals surface area contributed by atoms with Crippen molar-refractivity contribution in [3.63, 3.8) is 0 Å². The lowest BCUT2D eigenvalue weighted by atomic mass is 9.99. The highest BCUT2D eigenvalue weighted by Crippen LogP contribution is 2.39. The van der Waals surface area contributed by atoms with Crippen LogP contribution in [-0.4, -0.2) is 42.1 Å². The summed E-state index contributed by atoms with van der Waals surface area (Å²) in [6, 6.07) is 19.4. The van der Waals surface area contributed by atoms with Gasteiger partial charge in [0, 0.05) is 47.7 Å². The molecule has 1 aliphatic carbocycles. The number of fused-ring (bicyclic) bond motifs is 1. The fraction of sp³-hybridized carbons (Fsp3) is 0.286. The van der Waals surface area contributed by atoms with Gasteiger partial charge in [-0.3, -0.25) is 9.36 Å². The van der Waals surface area contributed by atoms with Crippen molar-refractivity contribution in [2.24, 2.45) is 5.92 Å². The largest absolute Gasteiger partial charge is 0.417 e. The summed E-state index contributed by atoms with van der Waals surface area (Å²) in [7, 11) is -4.24. The summed E-state index contributed by atoms with van der Waals surface area (Å²) < 4.78 is 71.4. The molecule has 0 bridgehead atoms. The second-order valence-electron chi connectivity index (χ2n) is 12.3. The van der Waals surface area contributed by atoms with E-state index in [4.69, 9.17) is 0 Å². The van der Waals surface area contributed by atoms with Crippen LogP contribution < -0.4 is 21.5 Å². The molecule has 0 radical (unpaired) electrons. The molecule has 2 aromatic heterocycles. The SMILES string of the molecule is O=c1c(-c2ccc(S(=O)(=O)c3ccccc3)cc2C(F)(F)F)cc2cnc(Nc3ccc(NC4CCCNC4)cc3)nc2n1CC1CC1. The van der Waals surface area contributed by atoms with E-state index in [1.54, 1.807) is 6.07 Å². The first-order valence-electron chi connectivity index (χ1n) is 15.8. The second kappa shape index (κ2) is 12.7. The van der Waals surface area contributed by atoms with Crippen molar-refractivity contribution in [3.05, 3.63) is 101 Å². The minimum Gasteiger partial charge on any atom is -0.381 e. The Morgan fingerprint density at radius 2 is 1.65 bits per heavy atom. The van der Waals surface area contributed by atoms with Gasteiger partial charge in [-0.25, -0.2) is 13.4 Å². The molecule has 0 amide bonds. The summed E-state index contributed by atoms with van der Waals surface area (Å²) in [4.78, 5) is 22.4. The number of nitrogens with zero attached hydrogens (tertiary/aromatic N) is 3. The second-order valence-corrected chi connectivity index (χ2v) is 14.3. The molecular formula is C35H33F3N6O3S. The topological polar surface area (TPSA) is 118 Å². The van der Waals surface area contributed by atoms with E-state index >= 15 is 0 Å². The lowest BCUT2D eigenvalue weighted by molar-refractivity contribution is -0.137. The molecule has 3 N–H and O–H groups in total. The first kappa shape index (κ1) is 31.8. The zero-order valence-electron chi connectivity index (χ0n) is 25.8. The highest BCUT2D eigenvalue weighted by atomic mass is 32.2. The van der Waals surface area contributed by atoms with Crippen molar-refractivity contribution >= 4 is 38.2 Å². The fourth-order valence-electron chi connectivity index (χ4n) is 6.03. The molecule has 1 saturated heterocycles. The van der Waals surface area contributed by atoms with Gasteiger partial charge in [-0.05, 0) is 98.3 Å². The van der Waals surface area contributed by atoms with Gasteiger partial charge in [-0.2, -0.15) is 18.2 Å². The monoisotopic (exact) mass is 674 g/mol. The zero-order chi connectivity index (χ0) is 33.5. The van der Waals surface area contributed by atoms with Crippen LogP contribution in [0.3, 0.4) is 0 Å². The average molecular weight is 675 g/mol. The molecule has 3 heterocycles. The molecule has 5 aromatic rings. The van der Waals surface area contributed by atoms with Crippen LogP contribution in [-0.2, 0) is 22.6 Å². The highest BCUT2D eigenvalue weighted by molar-refractivity contribution is 7.91. The van der Waals surface area contributed by atoms with Crippen LogP contribution >= 0.6 is 0 Å². The predicted molar refractivity (Wildman–Crippen MR) is 178 cm³/mol. The number of rotatable bonds is 9. The number of hydrogen-bond acceptors (Lipinski definition) is 8. The Bertz CT molecular complexity index is 2130. The number of pyridine rings is 1. The Morgan fingerprint density at radius 1 is 0.896 bits per heavy atom. The number of sulfone groups is 1. The van der Waals surface area contributed by atoms with Gasteiger partial charge in [0.15, 0.2) is 0 Å². The van der Waals surface area contributed by atoms with Crippen LogP contribution in [0.1, 0.15) is 31.2 Å². The molecule has 9 nitrogen and oxygen atoms in total. The number of anilines is 3. The van der Waals surface area contributed by atoms with E-state index in [1.807, 2.05) is 24.3 Å². The molecular weight excluding hydrogens is 641 g/mol. The third kappa shape index (κ3) is 6.65. The van der Waals surface area contributed by atoms with Crippen LogP contribution in [0.4, 0.5) is 30.5 Å². The van der Waals surface area contributed by atoms with Crippen molar-refractivity contribution in [2.75, 3.05) is 23.7 Å². The van der Waals surface area contributed by atoms with E-state index < -0.39 is 37.6 Å². The van der Waals surface area contributed by atoms with Gasteiger partial charge in [-0.15, -0.1) is 0 Å². The predicted octanol–water partition coefficient (Wildman–Crippen LogP) is 6.63. The van der Waals surface area contributed by atoms with Crippen molar-refractivity contribution in [1.29, 1.82) is 0 Å². The van der Waals surface area contributed by atoms with Gasteiger partial charge in [-0.1, -0.05) is 24.3 Å². The van der Waals surface area contributed by atoms with Crippen molar-refractivity contribution in [3.8, 4) is 11.1 Å². The molecule has 0 spiro atoms. The third-order valence-electron chi connectivity index (χ3n) is 8.72. The number of nitrogens with one attached hydrogen (secondary N) is 3. The highest BCUT2D eigenvalue weighted by Gasteiger charge is 2.36. The quantitative estimate of drug-likeness (QED) is 0.160. The number of aromatic nitrogens is 3. The van der Waals surface area contributed by atoms with Gasteiger partial charge in [0.1, 0.15) is 5.65 Å². The Kier molecular flexibility index (Phi) is 8.42. The first-order valence-corrected chi connectivity index (χ1v) is 17.3. The van der Waals surface area contributed by atoms with E-state index in [1.165, 1.54) is 41.1 Å². The normalized spacial score (nSPS) is 16.9. The van der Waals surface area contributed by atoms with Crippen molar-refractivity contribution in [2.45, 2.75) is 54.2 Å². The summed E-state index contributed by atoms with van der Waals surface area (Å²) in [5.41, 5.74) is -0.460. The fourth-order valence-corrected chi connectivity index (χ4v) is 7.33. The van der Waals surface area contributed by atoms with Gasteiger partial charge in [0.2, 0.25) is 15.8 Å². The van der Waals surface area contributed by atoms with E-state index in [0.29, 0.717) is 23.1 Å². The maximum atomic E-state index is 14.5. The maximum absolute atomic E-state index is 14.5. The molecule has 7 rings (SSSR count). The Hall–Kier alpha value is -4.75. The smallest absolute Gasteiger partial charge is 0.381 e. The third-order valence-corrected chi connectivity index (χ3v) is 10.5. The van der Waals surface area contributed by atoms with E-state index in [2.05, 4.69) is 25.9 Å². The summed E-state index contributed by atoms with van der Waals surface area (Å²) in [5, 5.41) is 10.5. The molecule has 2 fully saturated rings. The van der Waals surface area contributed by atoms with Gasteiger partial charge in [0.25, 0.3) is 5.56 Å². The van der Waals surface area contributed by atoms with Crippen LogP contribution in [0.15, 0.2) is 99.6 Å².